The lowest BCUT2D eigenvalue weighted by Gasteiger charge is -2.34. The fraction of sp³-hybridized carbons (Fsp3) is 0.238. The normalized spacial score (nSPS) is 13.5. The van der Waals surface area contributed by atoms with Crippen LogP contribution in [0.5, 0.6) is 0 Å². The molecule has 0 saturated heterocycles. The molecule has 7 nitrogen and oxygen atoms in total. The van der Waals surface area contributed by atoms with E-state index in [-0.39, 0.29) is 36.9 Å². The second-order valence-corrected chi connectivity index (χ2v) is 7.21. The third-order valence-electron chi connectivity index (χ3n) is 5.22. The van der Waals surface area contributed by atoms with Crippen LogP contribution in [0.25, 0.3) is 11.3 Å². The van der Waals surface area contributed by atoms with E-state index in [2.05, 4.69) is 20.2 Å². The van der Waals surface area contributed by atoms with Crippen molar-refractivity contribution >= 4 is 24.8 Å². The zero-order chi connectivity index (χ0) is 21.3. The van der Waals surface area contributed by atoms with Gasteiger partial charge in [0.2, 0.25) is 0 Å². The maximum atomic E-state index is 14.7. The molecule has 1 N–H and O–H groups in total. The summed E-state index contributed by atoms with van der Waals surface area (Å²) in [5, 5.41) is 20.0. The maximum Gasteiger partial charge on any atom is 0.137 e. The average molecular weight is 483 g/mol. The Hall–Kier alpha value is -2.88. The van der Waals surface area contributed by atoms with Crippen molar-refractivity contribution < 1.29 is 13.9 Å². The Labute approximate surface area is 196 Å². The minimum Gasteiger partial charge on any atom is -0.382 e. The molecule has 11 heteroatoms. The van der Waals surface area contributed by atoms with Crippen LogP contribution in [-0.2, 0) is 19.2 Å². The molecule has 3 heterocycles. The van der Waals surface area contributed by atoms with Gasteiger partial charge in [-0.25, -0.2) is 18.4 Å². The smallest absolute Gasteiger partial charge is 0.137 e. The fourth-order valence-electron chi connectivity index (χ4n) is 3.48. The van der Waals surface area contributed by atoms with E-state index in [0.717, 1.165) is 23.4 Å². The number of halogens is 4. The Morgan fingerprint density at radius 3 is 2.47 bits per heavy atom. The van der Waals surface area contributed by atoms with Crippen LogP contribution in [0.1, 0.15) is 24.1 Å². The van der Waals surface area contributed by atoms with Gasteiger partial charge in [0.1, 0.15) is 29.9 Å². The number of nitrogens with zero attached hydrogens (tertiary/aromatic N) is 6. The van der Waals surface area contributed by atoms with Crippen LogP contribution in [-0.4, -0.2) is 34.6 Å². The molecule has 0 aliphatic carbocycles. The maximum absolute atomic E-state index is 14.7. The Morgan fingerprint density at radius 2 is 1.91 bits per heavy atom. The molecule has 0 aliphatic rings. The predicted molar refractivity (Wildman–Crippen MR) is 120 cm³/mol. The zero-order valence-corrected chi connectivity index (χ0v) is 18.9. The largest absolute Gasteiger partial charge is 0.382 e. The molecule has 4 aromatic rings. The number of hydrogen-bond acceptors (Lipinski definition) is 5. The fourth-order valence-corrected chi connectivity index (χ4v) is 3.48. The van der Waals surface area contributed by atoms with E-state index in [1.807, 2.05) is 25.4 Å². The zero-order valence-electron chi connectivity index (χ0n) is 17.3. The minimum atomic E-state index is -1.75. The van der Waals surface area contributed by atoms with E-state index < -0.39 is 23.2 Å². The molecule has 0 fully saturated rings. The highest BCUT2D eigenvalue weighted by Gasteiger charge is 2.40. The second-order valence-electron chi connectivity index (χ2n) is 7.21. The summed E-state index contributed by atoms with van der Waals surface area (Å²) in [5.41, 5.74) is 0.347. The number of aliphatic hydroxyl groups is 1. The van der Waals surface area contributed by atoms with Gasteiger partial charge in [-0.05, 0) is 24.3 Å². The van der Waals surface area contributed by atoms with Gasteiger partial charge in [-0.3, -0.25) is 9.67 Å². The summed E-state index contributed by atoms with van der Waals surface area (Å²) in [6.45, 7) is 1.66. The van der Waals surface area contributed by atoms with Crippen molar-refractivity contribution in [2.24, 2.45) is 7.05 Å². The summed E-state index contributed by atoms with van der Waals surface area (Å²) in [7, 11) is 1.83. The SMILES string of the molecule is C[C@@H](c1ccc(-c2ccn(C)n2)cn1)[C@](O)(Cn1cncn1)c1ccc(F)cc1F.Cl.Cl. The monoisotopic (exact) mass is 482 g/mol. The average Bonchev–Trinajstić information content (AvgIpc) is 3.39. The molecule has 0 saturated carbocycles. The molecule has 1 aromatic carbocycles. The van der Waals surface area contributed by atoms with Gasteiger partial charge >= 0.3 is 0 Å². The Morgan fingerprint density at radius 1 is 1.12 bits per heavy atom. The second kappa shape index (κ2) is 10.2. The molecule has 0 bridgehead atoms. The molecule has 2 atom stereocenters. The van der Waals surface area contributed by atoms with Gasteiger partial charge in [0.25, 0.3) is 0 Å². The van der Waals surface area contributed by atoms with Crippen LogP contribution in [0.2, 0.25) is 0 Å². The number of rotatable bonds is 6. The molecule has 0 unspecified atom stereocenters. The molecule has 170 valence electrons. The van der Waals surface area contributed by atoms with Gasteiger partial charge in [0, 0.05) is 48.2 Å². The summed E-state index contributed by atoms with van der Waals surface area (Å²) < 4.78 is 31.2. The molecule has 4 rings (SSSR count). The van der Waals surface area contributed by atoms with Crippen LogP contribution in [0.3, 0.4) is 0 Å². The summed E-state index contributed by atoms with van der Waals surface area (Å²) in [6, 6.07) is 8.61. The lowest BCUT2D eigenvalue weighted by molar-refractivity contribution is -0.0123. The quantitative estimate of drug-likeness (QED) is 0.450. The van der Waals surface area contributed by atoms with Gasteiger partial charge in [0.05, 0.1) is 12.2 Å². The third kappa shape index (κ3) is 4.95. The number of hydrogen-bond donors (Lipinski definition) is 1. The number of aromatic nitrogens is 6. The van der Waals surface area contributed by atoms with Gasteiger partial charge in [-0.15, -0.1) is 24.8 Å². The van der Waals surface area contributed by atoms with E-state index in [1.54, 1.807) is 23.9 Å². The highest BCUT2D eigenvalue weighted by atomic mass is 35.5. The van der Waals surface area contributed by atoms with Crippen LogP contribution in [0.15, 0.2) is 61.4 Å². The van der Waals surface area contributed by atoms with Crippen LogP contribution >= 0.6 is 24.8 Å². The van der Waals surface area contributed by atoms with Crippen molar-refractivity contribution in [1.82, 2.24) is 29.5 Å². The molecule has 0 spiro atoms. The van der Waals surface area contributed by atoms with Gasteiger partial charge in [0.15, 0.2) is 0 Å². The number of benzene rings is 1. The van der Waals surface area contributed by atoms with Gasteiger partial charge in [-0.1, -0.05) is 13.0 Å². The van der Waals surface area contributed by atoms with Crippen molar-refractivity contribution in [3.63, 3.8) is 0 Å². The van der Waals surface area contributed by atoms with Crippen LogP contribution in [0.4, 0.5) is 8.78 Å². The van der Waals surface area contributed by atoms with E-state index in [9.17, 15) is 13.9 Å². The van der Waals surface area contributed by atoms with Crippen LogP contribution in [0, 0.1) is 11.6 Å². The lowest BCUT2D eigenvalue weighted by Crippen LogP contribution is -2.38. The van der Waals surface area contributed by atoms with Crippen molar-refractivity contribution in [2.75, 3.05) is 0 Å². The first-order valence-corrected chi connectivity index (χ1v) is 9.33. The molecule has 0 radical (unpaired) electrons. The Kier molecular flexibility index (Phi) is 8.06. The van der Waals surface area contributed by atoms with Crippen LogP contribution < -0.4 is 0 Å². The summed E-state index contributed by atoms with van der Waals surface area (Å²) in [5.74, 6) is -2.20. The number of aryl methyl sites for hydroxylation is 1. The highest BCUT2D eigenvalue weighted by molar-refractivity contribution is 5.85. The van der Waals surface area contributed by atoms with Crippen molar-refractivity contribution in [3.8, 4) is 11.3 Å². The first kappa shape index (κ1) is 25.4. The minimum absolute atomic E-state index is 0. The Bertz CT molecular complexity index is 1150. The highest BCUT2D eigenvalue weighted by Crippen LogP contribution is 2.39. The van der Waals surface area contributed by atoms with Crippen molar-refractivity contribution in [3.05, 3.63) is 84.3 Å². The van der Waals surface area contributed by atoms with Gasteiger partial charge < -0.3 is 5.11 Å². The number of pyridine rings is 1. The van der Waals surface area contributed by atoms with Gasteiger partial charge in [-0.2, -0.15) is 10.2 Å². The summed E-state index contributed by atoms with van der Waals surface area (Å²) in [4.78, 5) is 8.36. The lowest BCUT2D eigenvalue weighted by atomic mass is 9.79. The molecule has 3 aromatic heterocycles. The molecule has 0 aliphatic heterocycles. The van der Waals surface area contributed by atoms with E-state index in [4.69, 9.17) is 0 Å². The molecular formula is C21H22Cl2F2N6O. The van der Waals surface area contributed by atoms with Crippen molar-refractivity contribution in [2.45, 2.75) is 25.0 Å². The third-order valence-corrected chi connectivity index (χ3v) is 5.22. The first-order valence-electron chi connectivity index (χ1n) is 9.33. The topological polar surface area (TPSA) is 81.6 Å². The summed E-state index contributed by atoms with van der Waals surface area (Å²) >= 11 is 0. The molecular weight excluding hydrogens is 461 g/mol. The molecule has 0 amide bonds. The predicted octanol–water partition coefficient (Wildman–Crippen LogP) is 3.89. The summed E-state index contributed by atoms with van der Waals surface area (Å²) in [6.07, 6.45) is 6.24. The molecule has 32 heavy (non-hydrogen) atoms. The van der Waals surface area contributed by atoms with E-state index in [1.165, 1.54) is 23.4 Å². The first-order chi connectivity index (χ1) is 14.4. The van der Waals surface area contributed by atoms with Crippen molar-refractivity contribution in [1.29, 1.82) is 0 Å². The van der Waals surface area contributed by atoms with E-state index in [0.29, 0.717) is 5.69 Å². The standard InChI is InChI=1S/C21H20F2N6O.2ClH/c1-14(19-6-3-15(10-25-19)20-7-8-28(2)27-20)21(30,11-29-13-24-12-26-29)17-5-4-16(22)9-18(17)23;;/h3-10,12-14,30H,11H2,1-2H3;2*1H/t14-,21+;;/m0../s1. The van der Waals surface area contributed by atoms with E-state index >= 15 is 0 Å². The Balaban J connectivity index is 0.00000181.